The highest BCUT2D eigenvalue weighted by Gasteiger charge is 2.64. The van der Waals surface area contributed by atoms with E-state index in [2.05, 4.69) is 15.1 Å². The zero-order valence-corrected chi connectivity index (χ0v) is 38.9. The van der Waals surface area contributed by atoms with E-state index in [4.69, 9.17) is 14.5 Å². The molecular weight excluding hydrogens is 884 g/mol. The van der Waals surface area contributed by atoms with Crippen LogP contribution in [0.25, 0.3) is 17.1 Å². The normalized spacial score (nSPS) is 27.3. The molecule has 2 aromatic heterocycles. The van der Waals surface area contributed by atoms with Gasteiger partial charge in [0.2, 0.25) is 21.8 Å². The van der Waals surface area contributed by atoms with Crippen molar-refractivity contribution in [3.05, 3.63) is 67.0 Å². The van der Waals surface area contributed by atoms with Crippen LogP contribution in [0.4, 0.5) is 18.0 Å². The number of ether oxygens (including phenoxy) is 2. The van der Waals surface area contributed by atoms with E-state index in [-0.39, 0.29) is 48.5 Å². The Balaban J connectivity index is 1.29. The molecule has 0 bridgehead atoms. The number of nitrogens with one attached hydrogen (secondary N) is 2. The van der Waals surface area contributed by atoms with E-state index in [1.54, 1.807) is 48.8 Å². The maximum absolute atomic E-state index is 15.2. The summed E-state index contributed by atoms with van der Waals surface area (Å²) in [6.07, 6.45) is 0.207. The Morgan fingerprint density at radius 1 is 1.06 bits per heavy atom. The van der Waals surface area contributed by atoms with Crippen LogP contribution >= 0.6 is 0 Å². The number of nitrogens with zero attached hydrogens (tertiary/aromatic N) is 5. The molecule has 3 aromatic rings. The Labute approximate surface area is 382 Å². The van der Waals surface area contributed by atoms with Gasteiger partial charge in [0.25, 0.3) is 5.91 Å². The first-order valence-corrected chi connectivity index (χ1v) is 23.7. The summed E-state index contributed by atoms with van der Waals surface area (Å²) in [5.74, 6) is -3.47. The van der Waals surface area contributed by atoms with Crippen LogP contribution in [0.3, 0.4) is 0 Å². The van der Waals surface area contributed by atoms with Crippen LogP contribution in [0.5, 0.6) is 11.5 Å². The number of alkyl halides is 3. The Morgan fingerprint density at radius 3 is 2.36 bits per heavy atom. The monoisotopic (exact) mass is 941 g/mol. The zero-order valence-electron chi connectivity index (χ0n) is 38.0. The molecule has 2 saturated carbocycles. The number of fused-ring (bicyclic) bond motifs is 2. The van der Waals surface area contributed by atoms with Gasteiger partial charge in [-0.2, -0.15) is 18.3 Å². The third-order valence-corrected chi connectivity index (χ3v) is 15.5. The highest BCUT2D eigenvalue weighted by molar-refractivity contribution is 7.91. The Hall–Kier alpha value is -5.66. The number of sulfonamides is 1. The Kier molecular flexibility index (Phi) is 13.1. The number of halogens is 3. The smallest absolute Gasteiger partial charge is 0.411 e. The first-order valence-electron chi connectivity index (χ1n) is 22.3. The van der Waals surface area contributed by atoms with Crippen molar-refractivity contribution in [1.29, 1.82) is 0 Å². The van der Waals surface area contributed by atoms with Crippen molar-refractivity contribution in [3.8, 4) is 28.6 Å². The molecule has 66 heavy (non-hydrogen) atoms. The third kappa shape index (κ3) is 9.74. The molecule has 7 rings (SSSR count). The van der Waals surface area contributed by atoms with Gasteiger partial charge in [-0.1, -0.05) is 26.0 Å². The van der Waals surface area contributed by atoms with Gasteiger partial charge in [0.15, 0.2) is 5.82 Å². The van der Waals surface area contributed by atoms with E-state index in [0.29, 0.717) is 62.4 Å². The molecule has 0 radical (unpaired) electrons. The average molecular weight is 942 g/mol. The van der Waals surface area contributed by atoms with Crippen molar-refractivity contribution >= 4 is 33.8 Å². The van der Waals surface area contributed by atoms with Crippen LogP contribution in [0.15, 0.2) is 67.0 Å². The summed E-state index contributed by atoms with van der Waals surface area (Å²) < 4.78 is 86.1. The van der Waals surface area contributed by atoms with Crippen molar-refractivity contribution in [2.24, 2.45) is 17.8 Å². The number of carboxylic acid groups (broad SMARTS) is 1. The van der Waals surface area contributed by atoms with Gasteiger partial charge in [-0.05, 0) is 115 Å². The molecule has 1 saturated heterocycles. The number of pyridine rings is 1. The number of hydrogen-bond donors (Lipinski definition) is 3. The van der Waals surface area contributed by atoms with Gasteiger partial charge in [-0.15, -0.1) is 0 Å². The maximum Gasteiger partial charge on any atom is 0.411 e. The molecule has 2 aliphatic carbocycles. The second-order valence-electron chi connectivity index (χ2n) is 19.3. The van der Waals surface area contributed by atoms with Crippen molar-refractivity contribution in [1.82, 2.24) is 34.6 Å². The lowest BCUT2D eigenvalue weighted by Gasteiger charge is -2.45. The fraction of sp³-hybridized carbons (Fsp3) is 0.565. The molecule has 16 nitrogen and oxygen atoms in total. The molecule has 4 heterocycles. The topological polar surface area (TPSA) is 202 Å². The number of benzene rings is 1. The molecule has 4 aliphatic rings. The molecule has 3 N–H and O–H groups in total. The number of hydrogen-bond acceptors (Lipinski definition) is 10. The van der Waals surface area contributed by atoms with Gasteiger partial charge in [0.05, 0.1) is 23.1 Å². The number of aromatic nitrogens is 3. The van der Waals surface area contributed by atoms with Crippen molar-refractivity contribution in [3.63, 3.8) is 0 Å². The van der Waals surface area contributed by atoms with E-state index in [9.17, 15) is 41.1 Å². The van der Waals surface area contributed by atoms with E-state index in [0.717, 1.165) is 4.90 Å². The molecule has 0 unspecified atom stereocenters. The molecule has 2 aliphatic heterocycles. The lowest BCUT2D eigenvalue weighted by atomic mass is 9.85. The predicted octanol–water partition coefficient (Wildman–Crippen LogP) is 6.65. The molecule has 1 aromatic carbocycles. The Morgan fingerprint density at radius 2 is 1.76 bits per heavy atom. The summed E-state index contributed by atoms with van der Waals surface area (Å²) in [5.41, 5.74) is -3.66. The quantitative estimate of drug-likeness (QED) is 0.174. The zero-order chi connectivity index (χ0) is 48.1. The highest BCUT2D eigenvalue weighted by atomic mass is 32.2. The van der Waals surface area contributed by atoms with Crippen LogP contribution in [0.2, 0.25) is 0 Å². The predicted molar refractivity (Wildman–Crippen MR) is 236 cm³/mol. The van der Waals surface area contributed by atoms with Gasteiger partial charge >= 0.3 is 12.3 Å². The Bertz CT molecular complexity index is 2460. The van der Waals surface area contributed by atoms with Gasteiger partial charge in [-0.3, -0.25) is 24.0 Å². The summed E-state index contributed by atoms with van der Waals surface area (Å²) in [5, 5.41) is 17.7. The third-order valence-electron chi connectivity index (χ3n) is 13.3. The van der Waals surface area contributed by atoms with E-state index < -0.39 is 85.9 Å². The van der Waals surface area contributed by atoms with Gasteiger partial charge in [0, 0.05) is 42.4 Å². The molecular formula is C46H58F3N7O9S. The van der Waals surface area contributed by atoms with Gasteiger partial charge < -0.3 is 24.8 Å². The molecule has 4 amide bonds. The van der Waals surface area contributed by atoms with E-state index in [1.165, 1.54) is 18.5 Å². The lowest BCUT2D eigenvalue weighted by molar-refractivity contribution is -0.222. The van der Waals surface area contributed by atoms with Crippen molar-refractivity contribution < 1.29 is 55.3 Å². The molecule has 7 atom stereocenters. The average Bonchev–Trinajstić information content (AvgIpc) is 3.98. The van der Waals surface area contributed by atoms with E-state index >= 15 is 4.79 Å². The minimum Gasteiger partial charge on any atom is -0.491 e. The number of carbonyl (C=O) groups is 4. The summed E-state index contributed by atoms with van der Waals surface area (Å²) in [6, 6.07) is 8.72. The molecule has 3 fully saturated rings. The number of carbonyl (C=O) groups excluding carboxylic acids is 3. The first-order chi connectivity index (χ1) is 30.9. The van der Waals surface area contributed by atoms with Crippen LogP contribution < -0.4 is 19.5 Å². The van der Waals surface area contributed by atoms with E-state index in [1.807, 2.05) is 39.0 Å². The van der Waals surface area contributed by atoms with Crippen molar-refractivity contribution in [2.75, 3.05) is 6.54 Å². The van der Waals surface area contributed by atoms with Crippen LogP contribution in [0, 0.1) is 17.8 Å². The molecule has 0 spiro atoms. The second kappa shape index (κ2) is 17.9. The highest BCUT2D eigenvalue weighted by Crippen LogP contribution is 2.48. The minimum absolute atomic E-state index is 0.0379. The standard InChI is InChI=1S/C46H58F3N7O9S/c1-27(2)64-32-15-13-30(14-16-32)35-22-33(24-37(51-35)55-20-10-19-50-55)65-34-23-36-39(57)52-45(41(59)53-66(62,63)44(7)17-18-44)25-31(45)12-9-8-11-28(3)21-29(4)38(40(58)54(36)26-34)56(42(60)61)43(5,6)46(47,48)49/h9-10,12-16,19-20,22,24,27-29,31,34,36,38H,8,11,17-18,21,23,25-26H2,1-7H3,(H,52,57)(H,53,59)(H,60,61)/b12-9-/t28-,29-,31-,34-,36+,38+,45-/m1/s1. The summed E-state index contributed by atoms with van der Waals surface area (Å²) in [6.45, 7) is 9.72. The first kappa shape index (κ1) is 48.3. The largest absolute Gasteiger partial charge is 0.491 e. The minimum atomic E-state index is -5.11. The summed E-state index contributed by atoms with van der Waals surface area (Å²) in [7, 11) is -4.14. The van der Waals surface area contributed by atoms with Crippen LogP contribution in [0.1, 0.15) is 93.4 Å². The molecule has 358 valence electrons. The lowest BCUT2D eigenvalue weighted by Crippen LogP contribution is -2.66. The maximum atomic E-state index is 15.2. The number of amides is 4. The van der Waals surface area contributed by atoms with Crippen molar-refractivity contribution in [2.45, 2.75) is 140 Å². The summed E-state index contributed by atoms with van der Waals surface area (Å²) >= 11 is 0. The van der Waals surface area contributed by atoms with Crippen LogP contribution in [-0.2, 0) is 24.4 Å². The fourth-order valence-corrected chi connectivity index (χ4v) is 10.3. The second-order valence-corrected chi connectivity index (χ2v) is 21.5. The van der Waals surface area contributed by atoms with Gasteiger partial charge in [-0.25, -0.2) is 22.9 Å². The SMILES string of the molecule is CC(C)Oc1ccc(-c2cc(O[C@@H]3C[C@H]4C(=O)N[C@]5(C(=O)NS(=O)(=O)C6(C)CC6)C[C@H]5/C=C\CC[C@@H](C)C[C@@H](C)[C@H](N(C(=O)O)C(C)(C)C(F)(F)F)C(=O)N4C3)cc(-n3cccn3)n2)cc1. The van der Waals surface area contributed by atoms with Crippen LogP contribution in [-0.4, -0.2) is 115 Å². The van der Waals surface area contributed by atoms with Gasteiger partial charge in [0.1, 0.15) is 40.8 Å². The fourth-order valence-electron chi connectivity index (χ4n) is 8.98. The summed E-state index contributed by atoms with van der Waals surface area (Å²) in [4.78, 5) is 63.1. The number of allylic oxidation sites excluding steroid dienone is 1. The number of rotatable bonds is 11. The molecule has 20 heteroatoms.